The van der Waals surface area contributed by atoms with Crippen molar-refractivity contribution in [2.24, 2.45) is 0 Å². The number of benzene rings is 4. The van der Waals surface area contributed by atoms with E-state index in [1.165, 1.54) is 54.6 Å². The summed E-state index contributed by atoms with van der Waals surface area (Å²) in [6.07, 6.45) is 2.05. The number of sulfone groups is 1. The maximum atomic E-state index is 12.2. The first-order valence-corrected chi connectivity index (χ1v) is 18.9. The van der Waals surface area contributed by atoms with E-state index in [1.54, 1.807) is 18.2 Å². The lowest BCUT2D eigenvalue weighted by Crippen LogP contribution is -2.12. The Bertz CT molecular complexity index is 2000. The van der Waals surface area contributed by atoms with Crippen molar-refractivity contribution in [3.8, 4) is 11.5 Å². The van der Waals surface area contributed by atoms with E-state index in [4.69, 9.17) is 52.1 Å². The second-order valence-corrected chi connectivity index (χ2v) is 16.4. The number of hydrogen-bond acceptors (Lipinski definition) is 9. The number of carbonyl (C=O) groups excluding carboxylic acids is 2. The van der Waals surface area contributed by atoms with Crippen molar-refractivity contribution in [2.75, 3.05) is 28.9 Å². The first-order valence-electron chi connectivity index (χ1n) is 12.6. The van der Waals surface area contributed by atoms with Crippen LogP contribution < -0.4 is 16.4 Å². The zero-order chi connectivity index (χ0) is 35.7. The van der Waals surface area contributed by atoms with Gasteiger partial charge in [0.2, 0.25) is 9.05 Å². The number of amides is 2. The number of phenolic OH excluding ortho intramolecular Hbond substituents is 2. The molecule has 0 saturated heterocycles. The van der Waals surface area contributed by atoms with Crippen molar-refractivity contribution in [1.82, 2.24) is 0 Å². The molecule has 0 atom stereocenters. The van der Waals surface area contributed by atoms with E-state index in [-0.39, 0.29) is 33.4 Å². The SMILES string of the molecule is CS(=O)(=O)Cc1ccc(NC(=O)c2cc(Cl)ccc2O)c(Cl)c1.CS(=O)(=O)Cl.Nc1ccc(NC(=O)c2cc(Cl)ccc2O)c(Cl)c1. The molecule has 0 heterocycles. The number of halogens is 5. The standard InChI is InChI=1S/C15H13Cl2NO4S.C13H10Cl2N2O2.CH3ClO2S/c1-23(21,22)8-9-2-4-13(12(17)6-9)18-15(20)11-7-10(16)3-5-14(11)19;14-7-1-4-12(18)9(5-7)13(19)17-11-3-2-8(16)6-10(11)15;1-5(2,3)4/h2-7,19H,8H2,1H3,(H,18,20);1-6,18H,16H2,(H,17,19);1H3. The highest BCUT2D eigenvalue weighted by Gasteiger charge is 2.15. The molecule has 4 aromatic carbocycles. The summed E-state index contributed by atoms with van der Waals surface area (Å²) < 4.78 is 41.3. The minimum Gasteiger partial charge on any atom is -0.507 e. The van der Waals surface area contributed by atoms with Crippen LogP contribution in [0, 0.1) is 0 Å². The monoisotopic (exact) mass is 783 g/mol. The summed E-state index contributed by atoms with van der Waals surface area (Å²) in [5, 5.41) is 25.6. The smallest absolute Gasteiger partial charge is 0.259 e. The molecule has 0 spiro atoms. The summed E-state index contributed by atoms with van der Waals surface area (Å²) in [7, 11) is -1.87. The Labute approximate surface area is 295 Å². The molecular weight excluding hydrogens is 760 g/mol. The third kappa shape index (κ3) is 14.5. The fourth-order valence-corrected chi connectivity index (χ4v) is 5.06. The lowest BCUT2D eigenvalue weighted by atomic mass is 10.1. The van der Waals surface area contributed by atoms with Crippen molar-refractivity contribution >= 4 is 105 Å². The Kier molecular flexibility index (Phi) is 14.5. The predicted molar refractivity (Wildman–Crippen MR) is 189 cm³/mol. The van der Waals surface area contributed by atoms with Gasteiger partial charge in [0.1, 0.15) is 11.5 Å². The van der Waals surface area contributed by atoms with E-state index >= 15 is 0 Å². The number of aromatic hydroxyl groups is 2. The molecule has 0 unspecified atom stereocenters. The molecule has 11 nitrogen and oxygen atoms in total. The van der Waals surface area contributed by atoms with E-state index < -0.39 is 30.7 Å². The average molecular weight is 786 g/mol. The van der Waals surface area contributed by atoms with Gasteiger partial charge in [-0.3, -0.25) is 9.59 Å². The summed E-state index contributed by atoms with van der Waals surface area (Å²) in [6, 6.07) is 17.6. The van der Waals surface area contributed by atoms with Crippen molar-refractivity contribution < 1.29 is 36.6 Å². The van der Waals surface area contributed by atoms with Crippen LogP contribution in [-0.2, 0) is 24.6 Å². The number of phenols is 2. The fraction of sp³-hybridized carbons (Fsp3) is 0.103. The molecule has 0 bridgehead atoms. The highest BCUT2D eigenvalue weighted by Crippen LogP contribution is 2.28. The molecule has 0 aliphatic carbocycles. The van der Waals surface area contributed by atoms with Gasteiger partial charge in [0.15, 0.2) is 9.84 Å². The average Bonchev–Trinajstić information content (AvgIpc) is 2.93. The van der Waals surface area contributed by atoms with Gasteiger partial charge in [0, 0.05) is 32.7 Å². The summed E-state index contributed by atoms with van der Waals surface area (Å²) in [5.41, 5.74) is 7.35. The maximum Gasteiger partial charge on any atom is 0.259 e. The predicted octanol–water partition coefficient (Wildman–Crippen LogP) is 7.21. The van der Waals surface area contributed by atoms with Crippen LogP contribution in [0.4, 0.5) is 17.1 Å². The minimum atomic E-state index is -3.19. The van der Waals surface area contributed by atoms with Crippen molar-refractivity contribution in [2.45, 2.75) is 5.75 Å². The molecule has 0 fully saturated rings. The van der Waals surface area contributed by atoms with E-state index in [9.17, 15) is 36.6 Å². The molecule has 6 N–H and O–H groups in total. The highest BCUT2D eigenvalue weighted by molar-refractivity contribution is 8.13. The number of nitrogens with one attached hydrogen (secondary N) is 2. The third-order valence-corrected chi connectivity index (χ3v) is 7.31. The molecule has 18 heteroatoms. The Morgan fingerprint density at radius 3 is 1.47 bits per heavy atom. The second kappa shape index (κ2) is 17.1. The van der Waals surface area contributed by atoms with E-state index in [0.29, 0.717) is 37.7 Å². The zero-order valence-electron chi connectivity index (χ0n) is 24.3. The molecule has 0 aliphatic heterocycles. The van der Waals surface area contributed by atoms with Crippen molar-refractivity contribution in [3.63, 3.8) is 0 Å². The first-order chi connectivity index (χ1) is 21.6. The van der Waals surface area contributed by atoms with E-state index in [0.717, 1.165) is 12.5 Å². The molecule has 252 valence electrons. The Morgan fingerprint density at radius 1 is 0.681 bits per heavy atom. The summed E-state index contributed by atoms with van der Waals surface area (Å²) in [6.45, 7) is 0. The lowest BCUT2D eigenvalue weighted by Gasteiger charge is -2.10. The number of nitrogen functional groups attached to an aromatic ring is 1. The van der Waals surface area contributed by atoms with Crippen molar-refractivity contribution in [3.05, 3.63) is 110 Å². The van der Waals surface area contributed by atoms with Gasteiger partial charge < -0.3 is 26.6 Å². The Hall–Kier alpha value is -3.43. The van der Waals surface area contributed by atoms with Crippen molar-refractivity contribution in [1.29, 1.82) is 0 Å². The van der Waals surface area contributed by atoms with Gasteiger partial charge in [0.05, 0.1) is 44.6 Å². The summed E-state index contributed by atoms with van der Waals surface area (Å²) in [5.74, 6) is -1.60. The molecule has 2 amide bonds. The third-order valence-electron chi connectivity index (χ3n) is 5.36. The number of anilines is 3. The molecule has 0 saturated carbocycles. The molecule has 0 aromatic heterocycles. The highest BCUT2D eigenvalue weighted by atomic mass is 35.7. The van der Waals surface area contributed by atoms with Crippen LogP contribution in [-0.4, -0.2) is 51.4 Å². The number of nitrogens with two attached hydrogens (primary N) is 1. The number of hydrogen-bond donors (Lipinski definition) is 5. The Morgan fingerprint density at radius 2 is 1.09 bits per heavy atom. The normalized spacial score (nSPS) is 10.9. The van der Waals surface area contributed by atoms with Gasteiger partial charge >= 0.3 is 0 Å². The first kappa shape index (κ1) is 39.7. The van der Waals surface area contributed by atoms with E-state index in [2.05, 4.69) is 21.3 Å². The van der Waals surface area contributed by atoms with E-state index in [1.807, 2.05) is 0 Å². The van der Waals surface area contributed by atoms with Crippen LogP contribution >= 0.6 is 57.1 Å². The number of rotatable bonds is 6. The molecule has 47 heavy (non-hydrogen) atoms. The van der Waals surface area contributed by atoms with Gasteiger partial charge in [-0.05, 0) is 72.3 Å². The maximum absolute atomic E-state index is 12.2. The molecular formula is C29H26Cl5N3O8S2. The molecule has 0 radical (unpaired) electrons. The lowest BCUT2D eigenvalue weighted by molar-refractivity contribution is 0.101. The van der Waals surface area contributed by atoms with Gasteiger partial charge in [-0.1, -0.05) is 52.5 Å². The van der Waals surface area contributed by atoms with Gasteiger partial charge in [-0.25, -0.2) is 16.8 Å². The summed E-state index contributed by atoms with van der Waals surface area (Å²) in [4.78, 5) is 24.2. The van der Waals surface area contributed by atoms with Crippen LogP contribution in [0.2, 0.25) is 20.1 Å². The molecule has 4 rings (SSSR count). The fourth-order valence-electron chi connectivity index (χ4n) is 3.44. The van der Waals surface area contributed by atoms with Gasteiger partial charge in [0.25, 0.3) is 11.8 Å². The van der Waals surface area contributed by atoms with Crippen LogP contribution in [0.1, 0.15) is 26.3 Å². The largest absolute Gasteiger partial charge is 0.507 e. The summed E-state index contributed by atoms with van der Waals surface area (Å²) >= 11 is 23.6. The van der Waals surface area contributed by atoms with Gasteiger partial charge in [-0.15, -0.1) is 0 Å². The van der Waals surface area contributed by atoms with Gasteiger partial charge in [-0.2, -0.15) is 0 Å². The number of carbonyl (C=O) groups is 2. The molecule has 0 aliphatic rings. The van der Waals surface area contributed by atoms with Crippen LogP contribution in [0.25, 0.3) is 0 Å². The zero-order valence-corrected chi connectivity index (χ0v) is 29.7. The quantitative estimate of drug-likeness (QED) is 0.0992. The second-order valence-electron chi connectivity index (χ2n) is 9.54. The van der Waals surface area contributed by atoms with Crippen LogP contribution in [0.5, 0.6) is 11.5 Å². The van der Waals surface area contributed by atoms with Crippen LogP contribution in [0.3, 0.4) is 0 Å². The molecule has 4 aromatic rings. The Balaban J connectivity index is 0.000000290. The topological polar surface area (TPSA) is 193 Å². The van der Waals surface area contributed by atoms with Crippen LogP contribution in [0.15, 0.2) is 72.8 Å². The minimum absolute atomic E-state index is 0.00813.